The molecule has 1 aliphatic rings. The molecular weight excluding hydrogens is 222 g/mol. The van der Waals surface area contributed by atoms with Gasteiger partial charge in [0.05, 0.1) is 11.6 Å². The minimum absolute atomic E-state index is 0.000509. The summed E-state index contributed by atoms with van der Waals surface area (Å²) < 4.78 is 6.07. The van der Waals surface area contributed by atoms with Crippen molar-refractivity contribution < 1.29 is 4.74 Å². The summed E-state index contributed by atoms with van der Waals surface area (Å²) in [5.74, 6) is 0. The largest absolute Gasteiger partial charge is 0.373 e. The maximum Gasteiger partial charge on any atom is 0.0874 e. The standard InChI is InChI=1S/C16H25NO/c1-4-18-16(9-5-6-10-16)15(17)14-8-7-12(2)11-13(14)3/h7-8,11,15H,4-6,9-10,17H2,1-3H3. The van der Waals surface area contributed by atoms with Gasteiger partial charge in [0.2, 0.25) is 0 Å². The minimum atomic E-state index is -0.130. The first-order valence-corrected chi connectivity index (χ1v) is 7.06. The van der Waals surface area contributed by atoms with E-state index in [0.29, 0.717) is 0 Å². The SMILES string of the molecule is CCOC1(C(N)c2ccc(C)cc2C)CCCC1. The summed E-state index contributed by atoms with van der Waals surface area (Å²) in [6, 6.07) is 6.54. The fraction of sp³-hybridized carbons (Fsp3) is 0.625. The van der Waals surface area contributed by atoms with E-state index in [1.165, 1.54) is 29.5 Å². The topological polar surface area (TPSA) is 35.2 Å². The van der Waals surface area contributed by atoms with Gasteiger partial charge in [-0.2, -0.15) is 0 Å². The summed E-state index contributed by atoms with van der Waals surface area (Å²) in [7, 11) is 0. The molecule has 18 heavy (non-hydrogen) atoms. The van der Waals surface area contributed by atoms with E-state index in [0.717, 1.165) is 19.4 Å². The monoisotopic (exact) mass is 247 g/mol. The molecule has 2 N–H and O–H groups in total. The summed E-state index contributed by atoms with van der Waals surface area (Å²) in [5.41, 5.74) is 10.2. The second-order valence-corrected chi connectivity index (χ2v) is 5.54. The molecule has 2 nitrogen and oxygen atoms in total. The summed E-state index contributed by atoms with van der Waals surface area (Å²) in [5, 5.41) is 0. The fourth-order valence-electron chi connectivity index (χ4n) is 3.26. The van der Waals surface area contributed by atoms with Gasteiger partial charge in [0, 0.05) is 6.61 Å². The van der Waals surface area contributed by atoms with Gasteiger partial charge >= 0.3 is 0 Å². The normalized spacial score (nSPS) is 20.0. The Balaban J connectivity index is 2.30. The van der Waals surface area contributed by atoms with Gasteiger partial charge in [-0.3, -0.25) is 0 Å². The van der Waals surface area contributed by atoms with Gasteiger partial charge < -0.3 is 10.5 Å². The van der Waals surface area contributed by atoms with Crippen LogP contribution < -0.4 is 5.73 Å². The number of hydrogen-bond donors (Lipinski definition) is 1. The van der Waals surface area contributed by atoms with Crippen molar-refractivity contribution in [2.45, 2.75) is 58.1 Å². The summed E-state index contributed by atoms with van der Waals surface area (Å²) >= 11 is 0. The van der Waals surface area contributed by atoms with Crippen LogP contribution in [0.2, 0.25) is 0 Å². The molecule has 1 unspecified atom stereocenters. The molecule has 0 aromatic heterocycles. The Kier molecular flexibility index (Phi) is 4.08. The van der Waals surface area contributed by atoms with Crippen LogP contribution in [0, 0.1) is 13.8 Å². The number of aryl methyl sites for hydroxylation is 2. The van der Waals surface area contributed by atoms with Crippen molar-refractivity contribution >= 4 is 0 Å². The van der Waals surface area contributed by atoms with Gasteiger partial charge in [0.15, 0.2) is 0 Å². The van der Waals surface area contributed by atoms with Gasteiger partial charge in [-0.25, -0.2) is 0 Å². The third-order valence-corrected chi connectivity index (χ3v) is 4.21. The lowest BCUT2D eigenvalue weighted by Gasteiger charge is -2.36. The molecule has 0 heterocycles. The fourth-order valence-corrected chi connectivity index (χ4v) is 3.26. The highest BCUT2D eigenvalue weighted by atomic mass is 16.5. The maximum atomic E-state index is 6.55. The zero-order valence-electron chi connectivity index (χ0n) is 11.8. The van der Waals surface area contributed by atoms with Gasteiger partial charge in [-0.15, -0.1) is 0 Å². The molecule has 2 heteroatoms. The van der Waals surface area contributed by atoms with Crippen molar-refractivity contribution in [3.8, 4) is 0 Å². The van der Waals surface area contributed by atoms with Crippen LogP contribution in [0.3, 0.4) is 0 Å². The van der Waals surface area contributed by atoms with Gasteiger partial charge in [-0.05, 0) is 44.7 Å². The summed E-state index contributed by atoms with van der Waals surface area (Å²) in [4.78, 5) is 0. The molecular formula is C16H25NO. The number of ether oxygens (including phenoxy) is 1. The molecule has 0 radical (unpaired) electrons. The van der Waals surface area contributed by atoms with Gasteiger partial charge in [0.1, 0.15) is 0 Å². The van der Waals surface area contributed by atoms with E-state index in [-0.39, 0.29) is 11.6 Å². The smallest absolute Gasteiger partial charge is 0.0874 e. The Bertz CT molecular complexity index is 408. The van der Waals surface area contributed by atoms with E-state index >= 15 is 0 Å². The molecule has 0 spiro atoms. The quantitative estimate of drug-likeness (QED) is 0.881. The lowest BCUT2D eigenvalue weighted by Crippen LogP contribution is -2.41. The third kappa shape index (κ3) is 2.45. The molecule has 1 aromatic carbocycles. The predicted octanol–water partition coefficient (Wildman–Crippen LogP) is 3.65. The zero-order valence-corrected chi connectivity index (χ0v) is 11.8. The Labute approximate surface area is 111 Å². The minimum Gasteiger partial charge on any atom is -0.373 e. The van der Waals surface area contributed by atoms with Crippen molar-refractivity contribution in [1.82, 2.24) is 0 Å². The van der Waals surface area contributed by atoms with Crippen LogP contribution in [0.4, 0.5) is 0 Å². The first kappa shape index (κ1) is 13.6. The van der Waals surface area contributed by atoms with Crippen LogP contribution in [0.1, 0.15) is 55.3 Å². The van der Waals surface area contributed by atoms with Crippen molar-refractivity contribution in [2.75, 3.05) is 6.61 Å². The summed E-state index contributed by atoms with van der Waals surface area (Å²) in [6.45, 7) is 7.08. The molecule has 2 rings (SSSR count). The Morgan fingerprint density at radius 3 is 2.50 bits per heavy atom. The molecule has 1 atom stereocenters. The van der Waals surface area contributed by atoms with Crippen molar-refractivity contribution in [1.29, 1.82) is 0 Å². The van der Waals surface area contributed by atoms with E-state index in [2.05, 4.69) is 39.0 Å². The number of benzene rings is 1. The van der Waals surface area contributed by atoms with Crippen molar-refractivity contribution in [3.63, 3.8) is 0 Å². The molecule has 0 saturated heterocycles. The van der Waals surface area contributed by atoms with Crippen molar-refractivity contribution in [3.05, 3.63) is 34.9 Å². The van der Waals surface area contributed by atoms with E-state index in [4.69, 9.17) is 10.5 Å². The Hall–Kier alpha value is -0.860. The third-order valence-electron chi connectivity index (χ3n) is 4.21. The zero-order chi connectivity index (χ0) is 13.2. The molecule has 1 aliphatic carbocycles. The predicted molar refractivity (Wildman–Crippen MR) is 75.7 cm³/mol. The molecule has 1 fully saturated rings. The summed E-state index contributed by atoms with van der Waals surface area (Å²) in [6.07, 6.45) is 4.65. The number of nitrogens with two attached hydrogens (primary N) is 1. The highest BCUT2D eigenvalue weighted by Gasteiger charge is 2.41. The van der Waals surface area contributed by atoms with Gasteiger partial charge in [-0.1, -0.05) is 36.6 Å². The average molecular weight is 247 g/mol. The van der Waals surface area contributed by atoms with Gasteiger partial charge in [0.25, 0.3) is 0 Å². The van der Waals surface area contributed by atoms with E-state index < -0.39 is 0 Å². The maximum absolute atomic E-state index is 6.55. The van der Waals surface area contributed by atoms with Crippen LogP contribution >= 0.6 is 0 Å². The number of rotatable bonds is 4. The second kappa shape index (κ2) is 5.41. The van der Waals surface area contributed by atoms with E-state index in [1.54, 1.807) is 0 Å². The van der Waals surface area contributed by atoms with Crippen molar-refractivity contribution in [2.24, 2.45) is 5.73 Å². The first-order valence-electron chi connectivity index (χ1n) is 7.06. The first-order chi connectivity index (χ1) is 8.59. The Morgan fingerprint density at radius 1 is 1.28 bits per heavy atom. The van der Waals surface area contributed by atoms with Crippen LogP contribution in [0.25, 0.3) is 0 Å². The molecule has 100 valence electrons. The second-order valence-electron chi connectivity index (χ2n) is 5.54. The van der Waals surface area contributed by atoms with Crippen LogP contribution in [-0.2, 0) is 4.74 Å². The Morgan fingerprint density at radius 2 is 1.94 bits per heavy atom. The highest BCUT2D eigenvalue weighted by Crippen LogP contribution is 2.42. The molecule has 1 aromatic rings. The highest BCUT2D eigenvalue weighted by molar-refractivity contribution is 5.34. The molecule has 0 amide bonds. The molecule has 1 saturated carbocycles. The van der Waals surface area contributed by atoms with Crippen LogP contribution in [-0.4, -0.2) is 12.2 Å². The molecule has 0 aliphatic heterocycles. The van der Waals surface area contributed by atoms with E-state index in [1.807, 2.05) is 0 Å². The number of hydrogen-bond acceptors (Lipinski definition) is 2. The lowest BCUT2D eigenvalue weighted by molar-refractivity contribution is -0.0537. The average Bonchev–Trinajstić information content (AvgIpc) is 2.78. The molecule has 0 bridgehead atoms. The van der Waals surface area contributed by atoms with Crippen LogP contribution in [0.15, 0.2) is 18.2 Å². The van der Waals surface area contributed by atoms with Crippen LogP contribution in [0.5, 0.6) is 0 Å². The van der Waals surface area contributed by atoms with E-state index in [9.17, 15) is 0 Å². The lowest BCUT2D eigenvalue weighted by atomic mass is 9.85.